The van der Waals surface area contributed by atoms with Crippen molar-refractivity contribution < 1.29 is 17.9 Å². The fraction of sp³-hybridized carbons (Fsp3) is 0.346. The number of hydrogen-bond donors (Lipinski definition) is 1. The first-order chi connectivity index (χ1) is 16.8. The van der Waals surface area contributed by atoms with Crippen molar-refractivity contribution >= 4 is 17.7 Å². The number of anilines is 2. The van der Waals surface area contributed by atoms with Gasteiger partial charge < -0.3 is 15.0 Å². The zero-order valence-corrected chi connectivity index (χ0v) is 19.9. The number of nitrogens with one attached hydrogen (secondary N) is 1. The van der Waals surface area contributed by atoms with Gasteiger partial charge in [-0.05, 0) is 36.3 Å². The standard InChI is InChI=1S/C26H28F3N5O/c1-17(2)23-32-21-12-16-34(25-20(26(27,28)29)8-6-13-31-25)15-11-19(21)24(33-23)30-14-10-18-7-4-5-9-22(18)35-3/h4-9,11,13,15,17H,10,12,14,16H2,1-3H3,(H,30,32,33). The lowest BCUT2D eigenvalue weighted by molar-refractivity contribution is -0.137. The van der Waals surface area contributed by atoms with Gasteiger partial charge in [-0.2, -0.15) is 13.2 Å². The third-order valence-corrected chi connectivity index (χ3v) is 5.81. The van der Waals surface area contributed by atoms with E-state index in [2.05, 4.69) is 10.3 Å². The van der Waals surface area contributed by atoms with Crippen molar-refractivity contribution in [2.45, 2.75) is 38.8 Å². The van der Waals surface area contributed by atoms with Gasteiger partial charge in [0.25, 0.3) is 0 Å². The fourth-order valence-corrected chi connectivity index (χ4v) is 4.01. The third-order valence-electron chi connectivity index (χ3n) is 5.81. The lowest BCUT2D eigenvalue weighted by Gasteiger charge is -2.21. The van der Waals surface area contributed by atoms with Crippen molar-refractivity contribution in [3.63, 3.8) is 0 Å². The van der Waals surface area contributed by atoms with Crippen molar-refractivity contribution in [1.29, 1.82) is 0 Å². The first-order valence-corrected chi connectivity index (χ1v) is 11.5. The number of methoxy groups -OCH3 is 1. The molecule has 0 bridgehead atoms. The zero-order chi connectivity index (χ0) is 25.0. The van der Waals surface area contributed by atoms with E-state index >= 15 is 0 Å². The maximum atomic E-state index is 13.6. The van der Waals surface area contributed by atoms with Gasteiger partial charge in [-0.1, -0.05) is 32.0 Å². The minimum absolute atomic E-state index is 0.103. The number of rotatable bonds is 7. The van der Waals surface area contributed by atoms with Crippen LogP contribution in [0.4, 0.5) is 24.8 Å². The summed E-state index contributed by atoms with van der Waals surface area (Å²) in [5.74, 6) is 2.17. The average Bonchev–Trinajstić information content (AvgIpc) is 3.06. The number of fused-ring (bicyclic) bond motifs is 1. The molecule has 0 saturated carbocycles. The summed E-state index contributed by atoms with van der Waals surface area (Å²) in [7, 11) is 1.65. The predicted molar refractivity (Wildman–Crippen MR) is 131 cm³/mol. The number of pyridine rings is 1. The van der Waals surface area contributed by atoms with Gasteiger partial charge in [0.1, 0.15) is 23.2 Å². The summed E-state index contributed by atoms with van der Waals surface area (Å²) < 4.78 is 46.2. The second-order valence-corrected chi connectivity index (χ2v) is 8.57. The van der Waals surface area contributed by atoms with E-state index in [1.54, 1.807) is 19.4 Å². The van der Waals surface area contributed by atoms with Crippen molar-refractivity contribution in [3.05, 3.63) is 77.0 Å². The summed E-state index contributed by atoms with van der Waals surface area (Å²) in [6, 6.07) is 10.2. The van der Waals surface area contributed by atoms with E-state index in [4.69, 9.17) is 14.7 Å². The number of nitrogens with zero attached hydrogens (tertiary/aromatic N) is 4. The molecular formula is C26H28F3N5O. The van der Waals surface area contributed by atoms with Gasteiger partial charge in [-0.15, -0.1) is 0 Å². The Morgan fingerprint density at radius 3 is 2.66 bits per heavy atom. The molecule has 1 N–H and O–H groups in total. The maximum Gasteiger partial charge on any atom is 0.419 e. The van der Waals surface area contributed by atoms with E-state index in [1.807, 2.05) is 38.1 Å². The van der Waals surface area contributed by atoms with Crippen LogP contribution in [0.5, 0.6) is 5.75 Å². The van der Waals surface area contributed by atoms with Gasteiger partial charge in [0.2, 0.25) is 0 Å². The second kappa shape index (κ2) is 10.3. The highest BCUT2D eigenvalue weighted by molar-refractivity contribution is 5.69. The summed E-state index contributed by atoms with van der Waals surface area (Å²) in [5, 5.41) is 3.41. The van der Waals surface area contributed by atoms with Crippen molar-refractivity contribution in [2.75, 3.05) is 30.4 Å². The minimum Gasteiger partial charge on any atom is -0.496 e. The van der Waals surface area contributed by atoms with E-state index in [9.17, 15) is 13.2 Å². The average molecular weight is 484 g/mol. The SMILES string of the molecule is COc1ccccc1CCNc1nc(C(C)C)nc2c1C=CN(c1ncccc1C(F)(F)F)CC2. The first-order valence-electron chi connectivity index (χ1n) is 11.5. The number of benzene rings is 1. The van der Waals surface area contributed by atoms with E-state index in [-0.39, 0.29) is 11.7 Å². The highest BCUT2D eigenvalue weighted by atomic mass is 19.4. The molecular weight excluding hydrogens is 455 g/mol. The Balaban J connectivity index is 1.62. The first kappa shape index (κ1) is 24.5. The van der Waals surface area contributed by atoms with Crippen LogP contribution in [0, 0.1) is 0 Å². The monoisotopic (exact) mass is 483 g/mol. The van der Waals surface area contributed by atoms with Crippen LogP contribution in [0.25, 0.3) is 6.08 Å². The molecule has 3 heterocycles. The molecule has 1 aromatic carbocycles. The number of halogens is 3. The molecule has 4 rings (SSSR count). The smallest absolute Gasteiger partial charge is 0.419 e. The molecule has 0 saturated heterocycles. The van der Waals surface area contributed by atoms with Gasteiger partial charge in [0.15, 0.2) is 0 Å². The number of para-hydroxylation sites is 1. The molecule has 9 heteroatoms. The van der Waals surface area contributed by atoms with Gasteiger partial charge in [0, 0.05) is 43.4 Å². The Bertz CT molecular complexity index is 1210. The van der Waals surface area contributed by atoms with Gasteiger partial charge in [0.05, 0.1) is 18.4 Å². The predicted octanol–water partition coefficient (Wildman–Crippen LogP) is 5.71. The Hall–Kier alpha value is -3.62. The molecule has 0 unspecified atom stereocenters. The third kappa shape index (κ3) is 5.55. The molecule has 1 aliphatic heterocycles. The van der Waals surface area contributed by atoms with Crippen LogP contribution < -0.4 is 15.0 Å². The molecule has 6 nitrogen and oxygen atoms in total. The minimum atomic E-state index is -4.49. The quantitative estimate of drug-likeness (QED) is 0.465. The van der Waals surface area contributed by atoms with E-state index < -0.39 is 11.7 Å². The van der Waals surface area contributed by atoms with Crippen LogP contribution in [0.2, 0.25) is 0 Å². The van der Waals surface area contributed by atoms with Crippen molar-refractivity contribution in [1.82, 2.24) is 15.0 Å². The highest BCUT2D eigenvalue weighted by Gasteiger charge is 2.35. The normalized spacial score (nSPS) is 13.5. The molecule has 0 atom stereocenters. The number of aromatic nitrogens is 3. The van der Waals surface area contributed by atoms with Crippen LogP contribution >= 0.6 is 0 Å². The molecule has 0 fully saturated rings. The summed E-state index contributed by atoms with van der Waals surface area (Å²) in [4.78, 5) is 15.0. The van der Waals surface area contributed by atoms with Gasteiger partial charge in [-0.3, -0.25) is 0 Å². The van der Waals surface area contributed by atoms with E-state index in [0.29, 0.717) is 31.2 Å². The Morgan fingerprint density at radius 1 is 1.11 bits per heavy atom. The molecule has 3 aromatic rings. The summed E-state index contributed by atoms with van der Waals surface area (Å²) >= 11 is 0. The van der Waals surface area contributed by atoms with Gasteiger partial charge in [-0.25, -0.2) is 15.0 Å². The van der Waals surface area contributed by atoms with Crippen LogP contribution in [-0.2, 0) is 19.0 Å². The fourth-order valence-electron chi connectivity index (χ4n) is 4.01. The maximum absolute atomic E-state index is 13.6. The molecule has 0 aliphatic carbocycles. The molecule has 0 radical (unpaired) electrons. The van der Waals surface area contributed by atoms with Crippen LogP contribution in [0.15, 0.2) is 48.8 Å². The van der Waals surface area contributed by atoms with E-state index in [0.717, 1.165) is 35.1 Å². The van der Waals surface area contributed by atoms with Crippen LogP contribution in [0.3, 0.4) is 0 Å². The molecule has 1 aliphatic rings. The molecule has 35 heavy (non-hydrogen) atoms. The molecule has 2 aromatic heterocycles. The van der Waals surface area contributed by atoms with Crippen molar-refractivity contribution in [3.8, 4) is 5.75 Å². The molecule has 0 spiro atoms. The zero-order valence-electron chi connectivity index (χ0n) is 19.9. The van der Waals surface area contributed by atoms with Crippen LogP contribution in [0.1, 0.15) is 48.0 Å². The lowest BCUT2D eigenvalue weighted by Crippen LogP contribution is -2.23. The Labute approximate surface area is 202 Å². The summed E-state index contributed by atoms with van der Waals surface area (Å²) in [6.07, 6.45) is 1.46. The summed E-state index contributed by atoms with van der Waals surface area (Å²) in [6.45, 7) is 4.96. The highest BCUT2D eigenvalue weighted by Crippen LogP contribution is 2.36. The Kier molecular flexibility index (Phi) is 7.23. The molecule has 0 amide bonds. The molecule has 184 valence electrons. The Morgan fingerprint density at radius 2 is 1.91 bits per heavy atom. The topological polar surface area (TPSA) is 63.2 Å². The number of alkyl halides is 3. The van der Waals surface area contributed by atoms with E-state index in [1.165, 1.54) is 17.2 Å². The largest absolute Gasteiger partial charge is 0.496 e. The van der Waals surface area contributed by atoms with Gasteiger partial charge >= 0.3 is 6.18 Å². The number of ether oxygens (including phenoxy) is 1. The number of hydrogen-bond acceptors (Lipinski definition) is 6. The second-order valence-electron chi connectivity index (χ2n) is 8.57. The van der Waals surface area contributed by atoms with Crippen molar-refractivity contribution in [2.24, 2.45) is 0 Å². The van der Waals surface area contributed by atoms with Crippen LogP contribution in [-0.4, -0.2) is 35.2 Å². The lowest BCUT2D eigenvalue weighted by atomic mass is 10.1. The summed E-state index contributed by atoms with van der Waals surface area (Å²) in [5.41, 5.74) is 1.89.